The van der Waals surface area contributed by atoms with E-state index in [1.165, 1.54) is 54.2 Å². The van der Waals surface area contributed by atoms with E-state index in [0.29, 0.717) is 0 Å². The molecule has 1 heterocycles. The lowest BCUT2D eigenvalue weighted by Crippen LogP contribution is -2.22. The van der Waals surface area contributed by atoms with E-state index in [2.05, 4.69) is 165 Å². The zero-order valence-electron chi connectivity index (χ0n) is 24.1. The van der Waals surface area contributed by atoms with Gasteiger partial charge in [-0.25, -0.2) is 0 Å². The molecule has 3 heteroatoms. The van der Waals surface area contributed by atoms with Crippen molar-refractivity contribution >= 4 is 53.3 Å². The first-order chi connectivity index (χ1) is 21.2. The molecule has 0 saturated carbocycles. The van der Waals surface area contributed by atoms with Crippen molar-refractivity contribution in [2.45, 2.75) is 13.1 Å². The van der Waals surface area contributed by atoms with Gasteiger partial charge in [-0.1, -0.05) is 140 Å². The summed E-state index contributed by atoms with van der Waals surface area (Å²) in [7, 11) is -1.36. The molecule has 0 saturated heterocycles. The van der Waals surface area contributed by atoms with Crippen molar-refractivity contribution in [3.8, 4) is 11.1 Å². The molecule has 7 aromatic rings. The number of rotatable bonds is 8. The molecule has 0 spiro atoms. The van der Waals surface area contributed by atoms with E-state index in [1.807, 2.05) is 0 Å². The number of aryl methyl sites for hydroxylation is 1. The van der Waals surface area contributed by atoms with Crippen LogP contribution in [0.3, 0.4) is 0 Å². The van der Waals surface area contributed by atoms with Gasteiger partial charge in [-0.15, -0.1) is 0 Å². The zero-order chi connectivity index (χ0) is 29.0. The first kappa shape index (κ1) is 27.5. The Morgan fingerprint density at radius 3 is 1.84 bits per heavy atom. The predicted molar refractivity (Wildman–Crippen MR) is 188 cm³/mol. The van der Waals surface area contributed by atoms with Crippen LogP contribution in [0.15, 0.2) is 168 Å². The van der Waals surface area contributed by atoms with Crippen LogP contribution in [0.4, 0.5) is 0 Å². The second-order valence-electron chi connectivity index (χ2n) is 10.7. The fourth-order valence-corrected chi connectivity index (χ4v) is 10.7. The minimum absolute atomic E-state index is 0.636. The molecule has 208 valence electrons. The molecule has 0 fully saturated rings. The van der Waals surface area contributed by atoms with Crippen LogP contribution in [0, 0.1) is 6.92 Å². The number of hydrogen-bond donors (Lipinski definition) is 0. The Balaban J connectivity index is 1.33. The van der Waals surface area contributed by atoms with Gasteiger partial charge in [0.1, 0.15) is 5.58 Å². The SMILES string of the molecule is Cc1cc(CP(c2ccccc2)c2cccc(-c3ccccc3P(c3ccccc3)c3ccccc3)c2)cc2occc12. The molecule has 1 atom stereocenters. The molecule has 0 N–H and O–H groups in total. The molecular weight excluding hydrogens is 558 g/mol. The van der Waals surface area contributed by atoms with Crippen LogP contribution in [0.2, 0.25) is 0 Å². The first-order valence-corrected chi connectivity index (χ1v) is 17.5. The highest BCUT2D eigenvalue weighted by molar-refractivity contribution is 7.80. The van der Waals surface area contributed by atoms with Gasteiger partial charge in [-0.2, -0.15) is 0 Å². The summed E-state index contributed by atoms with van der Waals surface area (Å²) in [5.74, 6) is 0. The Morgan fingerprint density at radius 1 is 0.535 bits per heavy atom. The third kappa shape index (κ3) is 5.85. The smallest absolute Gasteiger partial charge is 0.134 e. The average molecular weight is 591 g/mol. The van der Waals surface area contributed by atoms with Gasteiger partial charge in [0.15, 0.2) is 0 Å². The van der Waals surface area contributed by atoms with Crippen molar-refractivity contribution in [3.63, 3.8) is 0 Å². The minimum atomic E-state index is -0.720. The highest BCUT2D eigenvalue weighted by Gasteiger charge is 2.21. The number of fused-ring (bicyclic) bond motifs is 1. The maximum absolute atomic E-state index is 5.83. The van der Waals surface area contributed by atoms with E-state index in [1.54, 1.807) is 6.26 Å². The van der Waals surface area contributed by atoms with Gasteiger partial charge in [0.2, 0.25) is 0 Å². The number of furan rings is 1. The molecule has 0 bridgehead atoms. The van der Waals surface area contributed by atoms with Gasteiger partial charge in [-0.3, -0.25) is 0 Å². The van der Waals surface area contributed by atoms with Crippen LogP contribution in [0.5, 0.6) is 0 Å². The van der Waals surface area contributed by atoms with Gasteiger partial charge < -0.3 is 4.42 Å². The third-order valence-corrected chi connectivity index (χ3v) is 12.9. The molecule has 6 aromatic carbocycles. The van der Waals surface area contributed by atoms with Crippen molar-refractivity contribution in [1.82, 2.24) is 0 Å². The van der Waals surface area contributed by atoms with E-state index in [4.69, 9.17) is 4.42 Å². The Morgan fingerprint density at radius 2 is 1.14 bits per heavy atom. The largest absolute Gasteiger partial charge is 0.464 e. The van der Waals surface area contributed by atoms with Gasteiger partial charge in [0.25, 0.3) is 0 Å². The average Bonchev–Trinajstić information content (AvgIpc) is 3.55. The molecule has 0 amide bonds. The molecule has 0 aliphatic rings. The lowest BCUT2D eigenvalue weighted by molar-refractivity contribution is 0.615. The van der Waals surface area contributed by atoms with Gasteiger partial charge in [0.05, 0.1) is 6.26 Å². The van der Waals surface area contributed by atoms with E-state index in [0.717, 1.165) is 11.7 Å². The monoisotopic (exact) mass is 590 g/mol. The highest BCUT2D eigenvalue weighted by atomic mass is 31.1. The zero-order valence-corrected chi connectivity index (χ0v) is 25.9. The van der Waals surface area contributed by atoms with Crippen LogP contribution < -0.4 is 26.5 Å². The van der Waals surface area contributed by atoms with Crippen LogP contribution in [0.25, 0.3) is 22.1 Å². The van der Waals surface area contributed by atoms with E-state index >= 15 is 0 Å². The molecule has 1 aromatic heterocycles. The summed E-state index contributed by atoms with van der Waals surface area (Å²) in [6.07, 6.45) is 2.75. The molecule has 0 aliphatic heterocycles. The maximum Gasteiger partial charge on any atom is 0.134 e. The summed E-state index contributed by atoms with van der Waals surface area (Å²) in [4.78, 5) is 0. The van der Waals surface area contributed by atoms with Gasteiger partial charge >= 0.3 is 0 Å². The summed E-state index contributed by atoms with van der Waals surface area (Å²) in [5.41, 5.74) is 6.13. The van der Waals surface area contributed by atoms with Crippen molar-refractivity contribution < 1.29 is 4.42 Å². The predicted octanol–water partition coefficient (Wildman–Crippen LogP) is 8.80. The summed E-state index contributed by atoms with van der Waals surface area (Å²) in [5, 5.41) is 8.07. The van der Waals surface area contributed by atoms with Crippen molar-refractivity contribution in [2.75, 3.05) is 0 Å². The molecule has 1 nitrogen and oxygen atoms in total. The second kappa shape index (κ2) is 12.5. The van der Waals surface area contributed by atoms with Crippen molar-refractivity contribution in [3.05, 3.63) is 175 Å². The summed E-state index contributed by atoms with van der Waals surface area (Å²) in [6.45, 7) is 2.18. The van der Waals surface area contributed by atoms with Gasteiger partial charge in [0, 0.05) is 11.5 Å². The fourth-order valence-electron chi connectivity index (χ4n) is 5.87. The maximum atomic E-state index is 5.83. The van der Waals surface area contributed by atoms with Crippen LogP contribution in [-0.4, -0.2) is 0 Å². The van der Waals surface area contributed by atoms with E-state index in [9.17, 15) is 0 Å². The lowest BCUT2D eigenvalue weighted by Gasteiger charge is -2.24. The van der Waals surface area contributed by atoms with Crippen LogP contribution >= 0.6 is 15.8 Å². The molecular formula is C40H32OP2. The van der Waals surface area contributed by atoms with Gasteiger partial charge in [-0.05, 0) is 89.7 Å². The van der Waals surface area contributed by atoms with Crippen LogP contribution in [0.1, 0.15) is 11.1 Å². The molecule has 1 unspecified atom stereocenters. The lowest BCUT2D eigenvalue weighted by atomic mass is 10.1. The molecule has 0 radical (unpaired) electrons. The fraction of sp³-hybridized carbons (Fsp3) is 0.0500. The summed E-state index contributed by atoms with van der Waals surface area (Å²) in [6, 6.07) is 57.9. The Hall–Kier alpha value is -4.28. The summed E-state index contributed by atoms with van der Waals surface area (Å²) < 4.78 is 5.83. The number of benzene rings is 6. The third-order valence-electron chi connectivity index (χ3n) is 7.89. The number of hydrogen-bond acceptors (Lipinski definition) is 1. The Bertz CT molecular complexity index is 1920. The molecule has 43 heavy (non-hydrogen) atoms. The summed E-state index contributed by atoms with van der Waals surface area (Å²) >= 11 is 0. The van der Waals surface area contributed by atoms with E-state index in [-0.39, 0.29) is 0 Å². The first-order valence-electron chi connectivity index (χ1n) is 14.6. The molecule has 7 rings (SSSR count). The standard InChI is InChI=1S/C40H32OP2/c1-30-26-31(27-39-37(30)24-25-41-39)29-42(33-15-5-2-6-16-33)36-21-13-14-32(28-36)38-22-11-12-23-40(38)43(34-17-7-3-8-18-34)35-19-9-4-10-20-35/h2-28H,29H2,1H3. The van der Waals surface area contributed by atoms with Crippen molar-refractivity contribution in [2.24, 2.45) is 0 Å². The normalized spacial score (nSPS) is 12.0. The van der Waals surface area contributed by atoms with E-state index < -0.39 is 15.8 Å². The highest BCUT2D eigenvalue weighted by Crippen LogP contribution is 2.41. The Kier molecular flexibility index (Phi) is 8.02. The van der Waals surface area contributed by atoms with Crippen LogP contribution in [-0.2, 0) is 6.16 Å². The second-order valence-corrected chi connectivity index (χ2v) is 15.1. The van der Waals surface area contributed by atoms with Crippen molar-refractivity contribution in [1.29, 1.82) is 0 Å². The Labute approximate surface area is 256 Å². The topological polar surface area (TPSA) is 13.1 Å². The minimum Gasteiger partial charge on any atom is -0.464 e. The quantitative estimate of drug-likeness (QED) is 0.161. The molecule has 0 aliphatic carbocycles.